The van der Waals surface area contributed by atoms with Gasteiger partial charge in [0, 0.05) is 16.8 Å². The lowest BCUT2D eigenvalue weighted by molar-refractivity contribution is 0.660. The van der Waals surface area contributed by atoms with Gasteiger partial charge in [0.25, 0.3) is 0 Å². The van der Waals surface area contributed by atoms with Gasteiger partial charge in [-0.05, 0) is 30.3 Å². The predicted molar refractivity (Wildman–Crippen MR) is 108 cm³/mol. The summed E-state index contributed by atoms with van der Waals surface area (Å²) in [5.74, 6) is 0. The Morgan fingerprint density at radius 2 is 1.64 bits per heavy atom. The van der Waals surface area contributed by atoms with E-state index < -0.39 is 17.1 Å². The van der Waals surface area contributed by atoms with Crippen molar-refractivity contribution in [3.63, 3.8) is 0 Å². The summed E-state index contributed by atoms with van der Waals surface area (Å²) in [6.45, 7) is 0. The maximum Gasteiger partial charge on any atom is 0.340 e. The first kappa shape index (κ1) is 20.3. The maximum absolute atomic E-state index is 12.3. The van der Waals surface area contributed by atoms with Crippen molar-refractivity contribution in [3.05, 3.63) is 82.4 Å². The minimum Gasteiger partial charge on any atom is -0.258 e. The van der Waals surface area contributed by atoms with Gasteiger partial charge in [0.05, 0.1) is 32.4 Å². The van der Waals surface area contributed by atoms with E-state index in [0.29, 0.717) is 20.4 Å². The molecule has 0 atom stereocenters. The highest BCUT2D eigenvalue weighted by molar-refractivity contribution is 7.99. The van der Waals surface area contributed by atoms with Crippen molar-refractivity contribution >= 4 is 46.6 Å². The Labute approximate surface area is 176 Å². The van der Waals surface area contributed by atoms with E-state index in [2.05, 4.69) is 0 Å². The number of hydrogen-bond donors (Lipinski definition) is 1. The quantitative estimate of drug-likeness (QED) is 0.653. The number of rotatable bonds is 3. The number of nitrogens with zero attached hydrogens (tertiary/aromatic N) is 3. The van der Waals surface area contributed by atoms with Crippen LogP contribution in [0.5, 0.6) is 0 Å². The molecule has 0 amide bonds. The first-order chi connectivity index (χ1) is 13.2. The molecule has 0 aliphatic heterocycles. The molecular formula is C17H9Cl3N4O3S. The van der Waals surface area contributed by atoms with Crippen LogP contribution in [0.2, 0.25) is 15.1 Å². The average Bonchev–Trinajstić information content (AvgIpc) is 2.64. The molecular weight excluding hydrogens is 447 g/mol. The molecule has 0 saturated heterocycles. The molecule has 142 valence electrons. The van der Waals surface area contributed by atoms with Crippen molar-refractivity contribution in [2.24, 2.45) is 7.05 Å². The van der Waals surface area contributed by atoms with Gasteiger partial charge < -0.3 is 0 Å². The number of halogens is 3. The van der Waals surface area contributed by atoms with Crippen LogP contribution in [0.1, 0.15) is 5.56 Å². The van der Waals surface area contributed by atoms with E-state index in [9.17, 15) is 14.4 Å². The SMILES string of the molecule is Cn1c(=O)[nH]c(=O)n(-c2cc(Cl)c(Sc3ccc(C#N)cc3Cl)c(Cl)c2)c1=O. The van der Waals surface area contributed by atoms with Crippen molar-refractivity contribution in [1.82, 2.24) is 14.1 Å². The summed E-state index contributed by atoms with van der Waals surface area (Å²) in [7, 11) is 1.23. The molecule has 0 aliphatic rings. The molecule has 1 N–H and O–H groups in total. The second-order valence-electron chi connectivity index (χ2n) is 5.51. The summed E-state index contributed by atoms with van der Waals surface area (Å²) >= 11 is 20.0. The van der Waals surface area contributed by atoms with Crippen molar-refractivity contribution < 1.29 is 0 Å². The molecule has 11 heteroatoms. The highest BCUT2D eigenvalue weighted by Gasteiger charge is 2.16. The highest BCUT2D eigenvalue weighted by Crippen LogP contribution is 2.42. The number of benzene rings is 2. The minimum atomic E-state index is -0.907. The number of H-pyrrole nitrogens is 1. The van der Waals surface area contributed by atoms with Crippen LogP contribution < -0.4 is 17.1 Å². The maximum atomic E-state index is 12.3. The Kier molecular flexibility index (Phi) is 5.72. The molecule has 28 heavy (non-hydrogen) atoms. The molecule has 0 saturated carbocycles. The predicted octanol–water partition coefficient (Wildman–Crippen LogP) is 3.21. The summed E-state index contributed by atoms with van der Waals surface area (Å²) in [6.07, 6.45) is 0. The average molecular weight is 456 g/mol. The molecule has 0 aliphatic carbocycles. The van der Waals surface area contributed by atoms with Crippen LogP contribution in [0.25, 0.3) is 5.69 Å². The van der Waals surface area contributed by atoms with Crippen LogP contribution in [0.15, 0.2) is 54.5 Å². The van der Waals surface area contributed by atoms with E-state index in [-0.39, 0.29) is 15.7 Å². The molecule has 1 heterocycles. The number of aromatic nitrogens is 3. The molecule has 0 radical (unpaired) electrons. The van der Waals surface area contributed by atoms with E-state index in [0.717, 1.165) is 9.13 Å². The van der Waals surface area contributed by atoms with Gasteiger partial charge >= 0.3 is 17.1 Å². The van der Waals surface area contributed by atoms with Gasteiger partial charge in [-0.1, -0.05) is 46.6 Å². The van der Waals surface area contributed by atoms with E-state index in [1.54, 1.807) is 12.1 Å². The van der Waals surface area contributed by atoms with Gasteiger partial charge in [0.15, 0.2) is 0 Å². The first-order valence-electron chi connectivity index (χ1n) is 7.52. The molecule has 3 aromatic rings. The van der Waals surface area contributed by atoms with Crippen LogP contribution in [-0.4, -0.2) is 14.1 Å². The summed E-state index contributed by atoms with van der Waals surface area (Å²) < 4.78 is 1.50. The van der Waals surface area contributed by atoms with Crippen LogP contribution in [0.3, 0.4) is 0 Å². The lowest BCUT2D eigenvalue weighted by atomic mass is 10.2. The van der Waals surface area contributed by atoms with Gasteiger partial charge in [-0.2, -0.15) is 5.26 Å². The normalized spacial score (nSPS) is 10.7. The van der Waals surface area contributed by atoms with E-state index in [4.69, 9.17) is 40.1 Å². The van der Waals surface area contributed by atoms with Crippen molar-refractivity contribution in [1.29, 1.82) is 5.26 Å². The van der Waals surface area contributed by atoms with Gasteiger partial charge in [-0.15, -0.1) is 0 Å². The van der Waals surface area contributed by atoms with E-state index in [1.807, 2.05) is 11.1 Å². The summed E-state index contributed by atoms with van der Waals surface area (Å²) in [5, 5.41) is 9.62. The second kappa shape index (κ2) is 7.89. The molecule has 3 rings (SSSR count). The lowest BCUT2D eigenvalue weighted by Gasteiger charge is -2.12. The van der Waals surface area contributed by atoms with Crippen LogP contribution in [-0.2, 0) is 7.05 Å². The Bertz CT molecular complexity index is 1300. The van der Waals surface area contributed by atoms with E-state index >= 15 is 0 Å². The third-order valence-corrected chi connectivity index (χ3v) is 6.18. The molecule has 0 unspecified atom stereocenters. The third kappa shape index (κ3) is 3.75. The van der Waals surface area contributed by atoms with Crippen molar-refractivity contribution in [3.8, 4) is 11.8 Å². The Morgan fingerprint density at radius 1 is 1.00 bits per heavy atom. The number of nitriles is 1. The van der Waals surface area contributed by atoms with Crippen molar-refractivity contribution in [2.75, 3.05) is 0 Å². The first-order valence-corrected chi connectivity index (χ1v) is 9.47. The largest absolute Gasteiger partial charge is 0.340 e. The smallest absolute Gasteiger partial charge is 0.258 e. The topological polar surface area (TPSA) is 101 Å². The molecule has 2 aromatic carbocycles. The zero-order valence-electron chi connectivity index (χ0n) is 14.0. The molecule has 7 nitrogen and oxygen atoms in total. The summed E-state index contributed by atoms with van der Waals surface area (Å²) in [4.78, 5) is 39.0. The molecule has 1 aromatic heterocycles. The summed E-state index contributed by atoms with van der Waals surface area (Å²) in [5.41, 5.74) is -2.06. The van der Waals surface area contributed by atoms with Gasteiger partial charge in [0.1, 0.15) is 0 Å². The molecule has 0 bridgehead atoms. The number of aromatic amines is 1. The van der Waals surface area contributed by atoms with Gasteiger partial charge in [0.2, 0.25) is 0 Å². The van der Waals surface area contributed by atoms with Crippen molar-refractivity contribution in [2.45, 2.75) is 9.79 Å². The van der Waals surface area contributed by atoms with Crippen LogP contribution >= 0.6 is 46.6 Å². The highest BCUT2D eigenvalue weighted by atomic mass is 35.5. The van der Waals surface area contributed by atoms with Crippen LogP contribution in [0, 0.1) is 11.3 Å². The van der Waals surface area contributed by atoms with E-state index in [1.165, 1.54) is 37.0 Å². The molecule has 0 fully saturated rings. The third-order valence-electron chi connectivity index (χ3n) is 3.71. The second-order valence-corrected chi connectivity index (χ2v) is 7.78. The fourth-order valence-electron chi connectivity index (χ4n) is 2.32. The Hall–Kier alpha value is -2.44. The zero-order valence-corrected chi connectivity index (χ0v) is 17.1. The van der Waals surface area contributed by atoms with Gasteiger partial charge in [-0.3, -0.25) is 4.98 Å². The monoisotopic (exact) mass is 454 g/mol. The Balaban J connectivity index is 2.10. The fraction of sp³-hybridized carbons (Fsp3) is 0.0588. The standard InChI is InChI=1S/C17H9Cl3N4O3S/c1-23-15(25)22-16(26)24(17(23)27)9-5-11(19)14(12(20)6-9)28-13-3-2-8(7-21)4-10(13)18/h2-6H,1H3,(H,22,25,26). The Morgan fingerprint density at radius 3 is 2.21 bits per heavy atom. The lowest BCUT2D eigenvalue weighted by Crippen LogP contribution is -2.47. The fourth-order valence-corrected chi connectivity index (χ4v) is 4.15. The molecule has 0 spiro atoms. The zero-order chi connectivity index (χ0) is 20.6. The summed E-state index contributed by atoms with van der Waals surface area (Å²) in [6, 6.07) is 9.54. The minimum absolute atomic E-state index is 0.104. The number of nitrogens with one attached hydrogen (secondary N) is 1. The van der Waals surface area contributed by atoms with Crippen LogP contribution in [0.4, 0.5) is 0 Å². The van der Waals surface area contributed by atoms with Gasteiger partial charge in [-0.25, -0.2) is 23.5 Å². The number of hydrogen-bond acceptors (Lipinski definition) is 5.